The average Bonchev–Trinajstić information content (AvgIpc) is 2.66. The van der Waals surface area contributed by atoms with Crippen molar-refractivity contribution in [2.45, 2.75) is 27.7 Å². The molecule has 1 aromatic carbocycles. The summed E-state index contributed by atoms with van der Waals surface area (Å²) in [5.41, 5.74) is 2.30. The second kappa shape index (κ2) is 13.7. The first kappa shape index (κ1) is 24.5. The number of halogens is 2. The predicted octanol–water partition coefficient (Wildman–Crippen LogP) is 5.33. The number of benzene rings is 1. The monoisotopic (exact) mass is 419 g/mol. The Labute approximate surface area is 170 Å². The van der Waals surface area contributed by atoms with Crippen LogP contribution >= 0.6 is 35.1 Å². The molecule has 146 valence electrons. The SMILES string of the molecule is C/C=C(OC)\C(NSCCl)=C(\Nc1ccc(C)cc1Cl)N(C)C=O.CC. The fourth-order valence-corrected chi connectivity index (χ4v) is 2.75. The van der Waals surface area contributed by atoms with Crippen LogP contribution in [0.2, 0.25) is 5.02 Å². The summed E-state index contributed by atoms with van der Waals surface area (Å²) in [4.78, 5) is 12.7. The number of ether oxygens (including phenoxy) is 1. The lowest BCUT2D eigenvalue weighted by molar-refractivity contribution is -0.115. The Balaban J connectivity index is 0.00000301. The van der Waals surface area contributed by atoms with Crippen molar-refractivity contribution >= 4 is 47.2 Å². The van der Waals surface area contributed by atoms with Crippen molar-refractivity contribution in [1.82, 2.24) is 9.62 Å². The zero-order valence-corrected chi connectivity index (χ0v) is 18.4. The number of methoxy groups -OCH3 is 1. The van der Waals surface area contributed by atoms with Gasteiger partial charge in [-0.2, -0.15) is 0 Å². The number of alkyl halides is 1. The second-order valence-corrected chi connectivity index (χ2v) is 6.53. The Morgan fingerprint density at radius 2 is 2.04 bits per heavy atom. The van der Waals surface area contributed by atoms with Crippen molar-refractivity contribution < 1.29 is 9.53 Å². The van der Waals surface area contributed by atoms with Gasteiger partial charge in [0.25, 0.3) is 0 Å². The maximum atomic E-state index is 11.4. The van der Waals surface area contributed by atoms with E-state index in [0.29, 0.717) is 39.6 Å². The van der Waals surface area contributed by atoms with Crippen molar-refractivity contribution in [3.05, 3.63) is 52.1 Å². The van der Waals surface area contributed by atoms with Crippen molar-refractivity contribution in [3.8, 4) is 0 Å². The van der Waals surface area contributed by atoms with E-state index in [1.165, 1.54) is 16.8 Å². The number of nitrogens with zero attached hydrogens (tertiary/aromatic N) is 1. The van der Waals surface area contributed by atoms with Gasteiger partial charge in [-0.1, -0.05) is 31.5 Å². The number of nitrogens with one attached hydrogen (secondary N) is 2. The highest BCUT2D eigenvalue weighted by atomic mass is 35.5. The summed E-state index contributed by atoms with van der Waals surface area (Å²) in [6.07, 6.45) is 2.48. The van der Waals surface area contributed by atoms with Crippen LogP contribution in [0.25, 0.3) is 0 Å². The van der Waals surface area contributed by atoms with Crippen LogP contribution in [0, 0.1) is 6.92 Å². The Kier molecular flexibility index (Phi) is 12.9. The predicted molar refractivity (Wildman–Crippen MR) is 114 cm³/mol. The van der Waals surface area contributed by atoms with Gasteiger partial charge in [-0.25, -0.2) is 0 Å². The van der Waals surface area contributed by atoms with Crippen LogP contribution in [-0.2, 0) is 9.53 Å². The van der Waals surface area contributed by atoms with Crippen LogP contribution in [0.5, 0.6) is 0 Å². The molecule has 1 amide bonds. The quantitative estimate of drug-likeness (QED) is 0.186. The number of amides is 1. The lowest BCUT2D eigenvalue weighted by Crippen LogP contribution is -2.27. The molecule has 1 aromatic rings. The third kappa shape index (κ3) is 7.40. The van der Waals surface area contributed by atoms with E-state index in [1.807, 2.05) is 45.9 Å². The molecule has 0 aliphatic carbocycles. The Hall–Kier alpha value is -1.50. The van der Waals surface area contributed by atoms with Crippen molar-refractivity contribution in [1.29, 1.82) is 0 Å². The average molecular weight is 420 g/mol. The van der Waals surface area contributed by atoms with Gasteiger partial charge in [0.1, 0.15) is 17.3 Å². The van der Waals surface area contributed by atoms with Gasteiger partial charge < -0.3 is 19.7 Å². The number of rotatable bonds is 9. The summed E-state index contributed by atoms with van der Waals surface area (Å²) in [7, 11) is 3.19. The van der Waals surface area contributed by atoms with Gasteiger partial charge in [0, 0.05) is 7.05 Å². The van der Waals surface area contributed by atoms with Crippen LogP contribution in [0.1, 0.15) is 26.3 Å². The van der Waals surface area contributed by atoms with E-state index >= 15 is 0 Å². The molecular formula is C18H27Cl2N3O2S. The van der Waals surface area contributed by atoms with Crippen molar-refractivity contribution in [2.24, 2.45) is 0 Å². The van der Waals surface area contributed by atoms with E-state index in [9.17, 15) is 4.79 Å². The van der Waals surface area contributed by atoms with Crippen molar-refractivity contribution in [2.75, 3.05) is 24.7 Å². The van der Waals surface area contributed by atoms with Crippen LogP contribution in [0.15, 0.2) is 41.6 Å². The van der Waals surface area contributed by atoms with Gasteiger partial charge in [-0.3, -0.25) is 4.79 Å². The van der Waals surface area contributed by atoms with E-state index in [-0.39, 0.29) is 0 Å². The number of hydrogen-bond donors (Lipinski definition) is 2. The van der Waals surface area contributed by atoms with E-state index in [2.05, 4.69) is 10.0 Å². The van der Waals surface area contributed by atoms with Gasteiger partial charge in [0.2, 0.25) is 6.41 Å². The molecule has 5 nitrogen and oxygen atoms in total. The smallest absolute Gasteiger partial charge is 0.215 e. The molecule has 0 bridgehead atoms. The summed E-state index contributed by atoms with van der Waals surface area (Å²) in [6, 6.07) is 5.63. The molecule has 0 heterocycles. The maximum Gasteiger partial charge on any atom is 0.215 e. The number of carbonyl (C=O) groups is 1. The third-order valence-electron chi connectivity index (χ3n) is 3.08. The molecule has 0 atom stereocenters. The Morgan fingerprint density at radius 3 is 2.50 bits per heavy atom. The summed E-state index contributed by atoms with van der Waals surface area (Å²) >= 11 is 13.3. The van der Waals surface area contributed by atoms with Crippen LogP contribution in [0.4, 0.5) is 5.69 Å². The molecule has 1 rings (SSSR count). The maximum absolute atomic E-state index is 11.4. The number of hydrogen-bond acceptors (Lipinski definition) is 5. The van der Waals surface area contributed by atoms with Gasteiger partial charge in [0.05, 0.1) is 23.0 Å². The molecule has 0 spiro atoms. The largest absolute Gasteiger partial charge is 0.495 e. The standard InChI is InChI=1S/C16H21Cl2N3O2S.C2H6/c1-5-14(23-4)15(20-24-9-17)16(21(3)10-22)19-13-7-6-11(2)8-12(13)18;1-2/h5-8,10,19-20H,9H2,1-4H3;1-2H3/b14-5+,16-15+;. The van der Waals surface area contributed by atoms with Gasteiger partial charge in [-0.05, 0) is 49.6 Å². The fraction of sp³-hybridized carbons (Fsp3) is 0.389. The Bertz CT molecular complexity index is 637. The first-order valence-electron chi connectivity index (χ1n) is 8.08. The molecule has 8 heteroatoms. The molecule has 0 saturated heterocycles. The first-order valence-corrected chi connectivity index (χ1v) is 9.98. The normalized spacial score (nSPS) is 11.6. The number of carbonyl (C=O) groups excluding carboxylic acids is 1. The zero-order chi connectivity index (χ0) is 20.1. The van der Waals surface area contributed by atoms with E-state index in [4.69, 9.17) is 27.9 Å². The minimum atomic E-state index is 0.327. The fourth-order valence-electron chi connectivity index (χ4n) is 1.91. The van der Waals surface area contributed by atoms with E-state index < -0.39 is 0 Å². The molecule has 26 heavy (non-hydrogen) atoms. The highest BCUT2D eigenvalue weighted by molar-refractivity contribution is 7.98. The number of anilines is 1. The molecular weight excluding hydrogens is 393 g/mol. The van der Waals surface area contributed by atoms with Crippen LogP contribution < -0.4 is 10.0 Å². The molecule has 0 aliphatic heterocycles. The first-order chi connectivity index (χ1) is 12.5. The molecule has 0 aliphatic rings. The molecule has 0 saturated carbocycles. The molecule has 0 fully saturated rings. The van der Waals surface area contributed by atoms with Gasteiger partial charge >= 0.3 is 0 Å². The van der Waals surface area contributed by atoms with E-state index in [0.717, 1.165) is 5.56 Å². The third-order valence-corrected chi connectivity index (χ3v) is 4.18. The van der Waals surface area contributed by atoms with Crippen molar-refractivity contribution in [3.63, 3.8) is 0 Å². The molecule has 0 radical (unpaired) electrons. The highest BCUT2D eigenvalue weighted by Gasteiger charge is 2.17. The number of allylic oxidation sites excluding steroid dienone is 1. The van der Waals surface area contributed by atoms with E-state index in [1.54, 1.807) is 20.2 Å². The lowest BCUT2D eigenvalue weighted by Gasteiger charge is -2.24. The minimum absolute atomic E-state index is 0.327. The minimum Gasteiger partial charge on any atom is -0.495 e. The number of aryl methyl sites for hydroxylation is 1. The lowest BCUT2D eigenvalue weighted by atomic mass is 10.2. The summed E-state index contributed by atoms with van der Waals surface area (Å²) in [6.45, 7) is 7.79. The van der Waals surface area contributed by atoms with Gasteiger partial charge in [0.15, 0.2) is 0 Å². The molecule has 2 N–H and O–H groups in total. The summed E-state index contributed by atoms with van der Waals surface area (Å²) in [5, 5.41) is 4.06. The van der Waals surface area contributed by atoms with Gasteiger partial charge in [-0.15, -0.1) is 11.6 Å². The zero-order valence-electron chi connectivity index (χ0n) is 16.0. The molecule has 0 unspecified atom stereocenters. The van der Waals surface area contributed by atoms with Crippen LogP contribution in [-0.4, -0.2) is 30.7 Å². The Morgan fingerprint density at radius 1 is 1.38 bits per heavy atom. The molecule has 0 aromatic heterocycles. The summed E-state index contributed by atoms with van der Waals surface area (Å²) in [5.74, 6) is 1.05. The highest BCUT2D eigenvalue weighted by Crippen LogP contribution is 2.27. The summed E-state index contributed by atoms with van der Waals surface area (Å²) < 4.78 is 8.49. The van der Waals surface area contributed by atoms with Crippen LogP contribution in [0.3, 0.4) is 0 Å². The second-order valence-electron chi connectivity index (χ2n) is 4.76. The topological polar surface area (TPSA) is 53.6 Å².